The van der Waals surface area contributed by atoms with Crippen molar-refractivity contribution in [1.29, 1.82) is 0 Å². The first-order chi connectivity index (χ1) is 6.72. The molecule has 0 saturated heterocycles. The number of rotatable bonds is 1. The van der Waals surface area contributed by atoms with Gasteiger partial charge in [0.1, 0.15) is 11.4 Å². The zero-order valence-corrected chi connectivity index (χ0v) is 9.72. The Morgan fingerprint density at radius 2 is 1.86 bits per heavy atom. The number of hydrogen-bond donors (Lipinski definition) is 1. The molecule has 1 N–H and O–H groups in total. The van der Waals surface area contributed by atoms with E-state index < -0.39 is 5.60 Å². The third-order valence-corrected chi connectivity index (χ3v) is 3.60. The van der Waals surface area contributed by atoms with Crippen LogP contribution in [0.25, 0.3) is 0 Å². The summed E-state index contributed by atoms with van der Waals surface area (Å²) >= 11 is 3.41. The van der Waals surface area contributed by atoms with Crippen molar-refractivity contribution >= 4 is 15.9 Å². The van der Waals surface area contributed by atoms with Gasteiger partial charge in [-0.15, -0.1) is 0 Å². The van der Waals surface area contributed by atoms with E-state index >= 15 is 0 Å². The molecule has 0 spiro atoms. The topological polar surface area (TPSA) is 33.4 Å². The average Bonchev–Trinajstić information content (AvgIpc) is 2.46. The Balaban J connectivity index is 2.25. The van der Waals surface area contributed by atoms with Crippen LogP contribution < -0.4 is 0 Å². The van der Waals surface area contributed by atoms with E-state index in [1.807, 2.05) is 6.07 Å². The SMILES string of the molecule is OC1(c2occc2Br)CCCCCC1. The average molecular weight is 259 g/mol. The van der Waals surface area contributed by atoms with E-state index in [1.165, 1.54) is 12.8 Å². The minimum atomic E-state index is -0.737. The minimum absolute atomic E-state index is 0.708. The summed E-state index contributed by atoms with van der Waals surface area (Å²) in [5.41, 5.74) is -0.737. The fraction of sp³-hybridized carbons (Fsp3) is 0.636. The van der Waals surface area contributed by atoms with Crippen molar-refractivity contribution in [2.45, 2.75) is 44.1 Å². The number of aliphatic hydroxyl groups is 1. The maximum Gasteiger partial charge on any atom is 0.149 e. The fourth-order valence-corrected chi connectivity index (χ4v) is 2.74. The maximum atomic E-state index is 10.5. The van der Waals surface area contributed by atoms with Crippen molar-refractivity contribution in [2.75, 3.05) is 0 Å². The van der Waals surface area contributed by atoms with Crippen LogP contribution in [0.5, 0.6) is 0 Å². The molecule has 78 valence electrons. The third kappa shape index (κ3) is 1.89. The quantitative estimate of drug-likeness (QED) is 0.782. The van der Waals surface area contributed by atoms with Crippen molar-refractivity contribution in [3.8, 4) is 0 Å². The molecule has 3 heteroatoms. The van der Waals surface area contributed by atoms with Crippen LogP contribution in [0.1, 0.15) is 44.3 Å². The molecule has 0 aliphatic heterocycles. The first-order valence-electron chi connectivity index (χ1n) is 5.18. The van der Waals surface area contributed by atoms with Crippen molar-refractivity contribution in [2.24, 2.45) is 0 Å². The zero-order chi connectivity index (χ0) is 10.0. The normalized spacial score (nSPS) is 21.9. The van der Waals surface area contributed by atoms with Gasteiger partial charge in [0.15, 0.2) is 0 Å². The molecule has 2 rings (SSSR count). The van der Waals surface area contributed by atoms with E-state index in [4.69, 9.17) is 4.42 Å². The summed E-state index contributed by atoms with van der Waals surface area (Å²) < 4.78 is 6.26. The molecule has 0 radical (unpaired) electrons. The van der Waals surface area contributed by atoms with Gasteiger partial charge in [0.2, 0.25) is 0 Å². The molecule has 1 aliphatic carbocycles. The molecular formula is C11H15BrO2. The summed E-state index contributed by atoms with van der Waals surface area (Å²) in [6.45, 7) is 0. The second-order valence-corrected chi connectivity index (χ2v) is 4.90. The van der Waals surface area contributed by atoms with E-state index in [2.05, 4.69) is 15.9 Å². The summed E-state index contributed by atoms with van der Waals surface area (Å²) in [6, 6.07) is 1.85. The summed E-state index contributed by atoms with van der Waals surface area (Å²) in [5.74, 6) is 0.708. The van der Waals surface area contributed by atoms with Gasteiger partial charge >= 0.3 is 0 Å². The number of hydrogen-bond acceptors (Lipinski definition) is 2. The monoisotopic (exact) mass is 258 g/mol. The van der Waals surface area contributed by atoms with Gasteiger partial charge in [0.25, 0.3) is 0 Å². The van der Waals surface area contributed by atoms with Crippen molar-refractivity contribution in [3.05, 3.63) is 22.6 Å². The largest absolute Gasteiger partial charge is 0.465 e. The Bertz CT molecular complexity index is 298. The van der Waals surface area contributed by atoms with E-state index in [-0.39, 0.29) is 0 Å². The Hall–Kier alpha value is -0.280. The van der Waals surface area contributed by atoms with E-state index in [0.29, 0.717) is 5.76 Å². The van der Waals surface area contributed by atoms with Gasteiger partial charge in [-0.1, -0.05) is 25.7 Å². The van der Waals surface area contributed by atoms with Gasteiger partial charge < -0.3 is 9.52 Å². The molecule has 1 aliphatic rings. The van der Waals surface area contributed by atoms with Gasteiger partial charge in [0.05, 0.1) is 10.7 Å². The first-order valence-corrected chi connectivity index (χ1v) is 5.97. The predicted octanol–water partition coefficient (Wildman–Crippen LogP) is 3.58. The highest BCUT2D eigenvalue weighted by Gasteiger charge is 2.34. The predicted molar refractivity (Wildman–Crippen MR) is 58.0 cm³/mol. The highest BCUT2D eigenvalue weighted by molar-refractivity contribution is 9.10. The lowest BCUT2D eigenvalue weighted by molar-refractivity contribution is -0.00105. The first kappa shape index (κ1) is 10.2. The molecule has 14 heavy (non-hydrogen) atoms. The molecule has 0 unspecified atom stereocenters. The molecule has 1 aromatic rings. The Morgan fingerprint density at radius 3 is 2.36 bits per heavy atom. The zero-order valence-electron chi connectivity index (χ0n) is 8.13. The minimum Gasteiger partial charge on any atom is -0.465 e. The van der Waals surface area contributed by atoms with Crippen LogP contribution in [0.2, 0.25) is 0 Å². The van der Waals surface area contributed by atoms with E-state index in [9.17, 15) is 5.11 Å². The second kappa shape index (κ2) is 4.07. The van der Waals surface area contributed by atoms with Gasteiger partial charge in [-0.2, -0.15) is 0 Å². The molecule has 1 saturated carbocycles. The van der Waals surface area contributed by atoms with E-state index in [0.717, 1.165) is 30.2 Å². The summed E-state index contributed by atoms with van der Waals surface area (Å²) in [6.07, 6.45) is 7.88. The maximum absolute atomic E-state index is 10.5. The fourth-order valence-electron chi connectivity index (χ4n) is 2.17. The van der Waals surface area contributed by atoms with Crippen LogP contribution in [0.15, 0.2) is 21.2 Å². The molecule has 0 atom stereocenters. The lowest BCUT2D eigenvalue weighted by Gasteiger charge is -2.24. The molecule has 1 heterocycles. The lowest BCUT2D eigenvalue weighted by Crippen LogP contribution is -2.24. The van der Waals surface area contributed by atoms with Crippen LogP contribution in [0.4, 0.5) is 0 Å². The Labute approximate surface area is 92.4 Å². The highest BCUT2D eigenvalue weighted by atomic mass is 79.9. The van der Waals surface area contributed by atoms with Crippen molar-refractivity contribution < 1.29 is 9.52 Å². The smallest absolute Gasteiger partial charge is 0.149 e. The molecule has 2 nitrogen and oxygen atoms in total. The van der Waals surface area contributed by atoms with Crippen molar-refractivity contribution in [1.82, 2.24) is 0 Å². The van der Waals surface area contributed by atoms with Crippen LogP contribution in [0.3, 0.4) is 0 Å². The van der Waals surface area contributed by atoms with Crippen LogP contribution in [-0.2, 0) is 5.60 Å². The standard InChI is InChI=1S/C11H15BrO2/c12-9-5-8-14-10(9)11(13)6-3-1-2-4-7-11/h5,8,13H,1-4,6-7H2. The van der Waals surface area contributed by atoms with Gasteiger partial charge in [-0.25, -0.2) is 0 Å². The van der Waals surface area contributed by atoms with Crippen LogP contribution in [0, 0.1) is 0 Å². The summed E-state index contributed by atoms with van der Waals surface area (Å²) in [4.78, 5) is 0. The number of halogens is 1. The molecule has 1 aromatic heterocycles. The molecule has 0 aromatic carbocycles. The lowest BCUT2D eigenvalue weighted by atomic mass is 9.92. The number of furan rings is 1. The molecule has 0 bridgehead atoms. The summed E-state index contributed by atoms with van der Waals surface area (Å²) in [5, 5.41) is 10.5. The third-order valence-electron chi connectivity index (χ3n) is 2.97. The van der Waals surface area contributed by atoms with Crippen LogP contribution in [-0.4, -0.2) is 5.11 Å². The van der Waals surface area contributed by atoms with Gasteiger partial charge in [0, 0.05) is 0 Å². The van der Waals surface area contributed by atoms with Crippen molar-refractivity contribution in [3.63, 3.8) is 0 Å². The molecular weight excluding hydrogens is 244 g/mol. The molecule has 1 fully saturated rings. The Kier molecular flexibility index (Phi) is 2.98. The molecule has 0 amide bonds. The van der Waals surface area contributed by atoms with Gasteiger partial charge in [-0.05, 0) is 34.8 Å². The van der Waals surface area contributed by atoms with E-state index in [1.54, 1.807) is 6.26 Å². The highest BCUT2D eigenvalue weighted by Crippen LogP contribution is 2.39. The van der Waals surface area contributed by atoms with Gasteiger partial charge in [-0.3, -0.25) is 0 Å². The second-order valence-electron chi connectivity index (χ2n) is 4.04. The van der Waals surface area contributed by atoms with Crippen LogP contribution >= 0.6 is 15.9 Å². The summed E-state index contributed by atoms with van der Waals surface area (Å²) in [7, 11) is 0. The Morgan fingerprint density at radius 1 is 1.21 bits per heavy atom.